The van der Waals surface area contributed by atoms with Crippen LogP contribution in [0.5, 0.6) is 0 Å². The summed E-state index contributed by atoms with van der Waals surface area (Å²) >= 11 is 6.87. The van der Waals surface area contributed by atoms with Crippen molar-refractivity contribution in [1.82, 2.24) is 10.2 Å². The molecule has 2 saturated heterocycles. The van der Waals surface area contributed by atoms with Crippen molar-refractivity contribution in [3.63, 3.8) is 0 Å². The van der Waals surface area contributed by atoms with E-state index in [2.05, 4.69) is 45.5 Å². The van der Waals surface area contributed by atoms with Gasteiger partial charge in [0, 0.05) is 33.8 Å². The second-order valence-corrected chi connectivity index (χ2v) is 10.2. The highest BCUT2D eigenvalue weighted by Gasteiger charge is 2.56. The molecule has 2 aliphatic rings. The van der Waals surface area contributed by atoms with Crippen LogP contribution in [0.4, 0.5) is 0 Å². The number of halogens is 1. The van der Waals surface area contributed by atoms with Gasteiger partial charge in [-0.15, -0.1) is 23.5 Å². The third kappa shape index (κ3) is 3.84. The molecule has 7 heteroatoms. The molecule has 2 fully saturated rings. The van der Waals surface area contributed by atoms with Crippen LogP contribution in [0, 0.1) is 0 Å². The normalized spacial score (nSPS) is 23.7. The molecule has 4 nitrogen and oxygen atoms in total. The van der Waals surface area contributed by atoms with Crippen LogP contribution in [0.15, 0.2) is 64.0 Å². The Hall–Kier alpha value is -1.44. The molecule has 0 radical (unpaired) electrons. The van der Waals surface area contributed by atoms with Crippen LogP contribution in [0.25, 0.3) is 0 Å². The number of thioether (sulfide) groups is 2. The molecular weight excluding hydrogens is 456 g/mol. The molecule has 2 aromatic rings. The molecule has 0 spiro atoms. The first-order valence-electron chi connectivity index (χ1n) is 9.28. The number of rotatable bonds is 6. The number of nitrogens with zero attached hydrogens (tertiary/aromatic N) is 1. The Morgan fingerprint density at radius 3 is 2.71 bits per heavy atom. The summed E-state index contributed by atoms with van der Waals surface area (Å²) in [4.78, 5) is 28.1. The molecule has 2 heterocycles. The summed E-state index contributed by atoms with van der Waals surface area (Å²) < 4.78 is 1.06. The fourth-order valence-electron chi connectivity index (χ4n) is 3.83. The Balaban J connectivity index is 1.37. The third-order valence-corrected chi connectivity index (χ3v) is 8.28. The van der Waals surface area contributed by atoms with Gasteiger partial charge in [-0.05, 0) is 36.2 Å². The summed E-state index contributed by atoms with van der Waals surface area (Å²) in [5.41, 5.74) is 1.12. The van der Waals surface area contributed by atoms with Gasteiger partial charge in [-0.25, -0.2) is 0 Å². The van der Waals surface area contributed by atoms with Crippen molar-refractivity contribution in [2.45, 2.75) is 28.6 Å². The fourth-order valence-corrected chi connectivity index (χ4v) is 6.51. The Labute approximate surface area is 182 Å². The zero-order valence-corrected chi connectivity index (χ0v) is 18.5. The molecule has 4 rings (SSSR count). The number of hydrogen-bond donors (Lipinski definition) is 1. The van der Waals surface area contributed by atoms with Crippen molar-refractivity contribution >= 4 is 51.3 Å². The van der Waals surface area contributed by atoms with Crippen molar-refractivity contribution in [1.29, 1.82) is 0 Å². The molecular formula is C21H21BrN2O2S2. The molecule has 0 saturated carbocycles. The zero-order chi connectivity index (χ0) is 19.6. The van der Waals surface area contributed by atoms with E-state index in [4.69, 9.17) is 0 Å². The average molecular weight is 477 g/mol. The van der Waals surface area contributed by atoms with Gasteiger partial charge in [0.25, 0.3) is 0 Å². The Kier molecular flexibility index (Phi) is 6.04. The van der Waals surface area contributed by atoms with Crippen molar-refractivity contribution in [3.05, 3.63) is 64.6 Å². The number of carbonyl (C=O) groups is 2. The van der Waals surface area contributed by atoms with Crippen LogP contribution in [0.2, 0.25) is 0 Å². The number of nitrogens with one attached hydrogen (secondary N) is 1. The molecule has 0 bridgehead atoms. The molecule has 1 N–H and O–H groups in total. The van der Waals surface area contributed by atoms with Crippen LogP contribution in [0.1, 0.15) is 18.4 Å². The summed E-state index contributed by atoms with van der Waals surface area (Å²) in [6, 6.07) is 17.9. The van der Waals surface area contributed by atoms with Gasteiger partial charge >= 0.3 is 0 Å². The second kappa shape index (κ2) is 8.51. The van der Waals surface area contributed by atoms with Gasteiger partial charge in [-0.3, -0.25) is 9.59 Å². The van der Waals surface area contributed by atoms with Crippen molar-refractivity contribution in [2.24, 2.45) is 0 Å². The van der Waals surface area contributed by atoms with E-state index in [1.807, 2.05) is 35.2 Å². The zero-order valence-electron chi connectivity index (χ0n) is 15.3. The predicted octanol–water partition coefficient (Wildman–Crippen LogP) is 4.25. The lowest BCUT2D eigenvalue weighted by atomic mass is 10.0. The lowest BCUT2D eigenvalue weighted by molar-refractivity contribution is -0.138. The van der Waals surface area contributed by atoms with E-state index < -0.39 is 6.04 Å². The van der Waals surface area contributed by atoms with Crippen LogP contribution in [-0.2, 0) is 14.5 Å². The number of fused-ring (bicyclic) bond motifs is 1. The van der Waals surface area contributed by atoms with E-state index in [9.17, 15) is 9.59 Å². The molecule has 0 aromatic heterocycles. The van der Waals surface area contributed by atoms with E-state index >= 15 is 0 Å². The van der Waals surface area contributed by atoms with Crippen molar-refractivity contribution in [2.75, 3.05) is 18.1 Å². The van der Waals surface area contributed by atoms with E-state index in [1.165, 1.54) is 4.90 Å². The highest BCUT2D eigenvalue weighted by molar-refractivity contribution is 9.10. The Morgan fingerprint density at radius 2 is 1.96 bits per heavy atom. The Bertz CT molecular complexity index is 862. The van der Waals surface area contributed by atoms with Gasteiger partial charge in [0.15, 0.2) is 0 Å². The summed E-state index contributed by atoms with van der Waals surface area (Å²) in [6.07, 6.45) is 1.27. The fraction of sp³-hybridized carbons (Fsp3) is 0.333. The van der Waals surface area contributed by atoms with Crippen molar-refractivity contribution < 1.29 is 9.59 Å². The lowest BCUT2D eigenvalue weighted by Gasteiger charge is -2.34. The first-order chi connectivity index (χ1) is 13.6. The number of amides is 2. The minimum Gasteiger partial charge on any atom is -0.353 e. The largest absolute Gasteiger partial charge is 0.353 e. The topological polar surface area (TPSA) is 49.4 Å². The Morgan fingerprint density at radius 1 is 1.21 bits per heavy atom. The van der Waals surface area contributed by atoms with Gasteiger partial charge in [-0.1, -0.05) is 46.3 Å². The maximum atomic E-state index is 12.8. The summed E-state index contributed by atoms with van der Waals surface area (Å²) in [7, 11) is 0. The SMILES string of the molecule is O=C(NCCSc1ccc(Br)cc1)C1CSC2(c3ccccc3)CCC(=O)N12. The van der Waals surface area contributed by atoms with E-state index in [0.29, 0.717) is 18.7 Å². The molecule has 2 atom stereocenters. The standard InChI is InChI=1S/C21H21BrN2O2S2/c22-16-6-8-17(9-7-16)27-13-12-23-20(26)18-14-28-21(11-10-19(25)24(18)21)15-4-2-1-3-5-15/h1-9,18H,10-14H2,(H,23,26). The molecule has 2 unspecified atom stereocenters. The molecule has 2 aliphatic heterocycles. The molecule has 2 amide bonds. The number of carbonyl (C=O) groups excluding carboxylic acids is 2. The second-order valence-electron chi connectivity index (χ2n) is 6.83. The summed E-state index contributed by atoms with van der Waals surface area (Å²) in [6.45, 7) is 0.584. The smallest absolute Gasteiger partial charge is 0.243 e. The van der Waals surface area contributed by atoms with Crippen LogP contribution < -0.4 is 5.32 Å². The average Bonchev–Trinajstić information content (AvgIpc) is 3.26. The summed E-state index contributed by atoms with van der Waals surface area (Å²) in [5.74, 6) is 1.48. The molecule has 2 aromatic carbocycles. The van der Waals surface area contributed by atoms with E-state index in [-0.39, 0.29) is 16.7 Å². The molecule has 28 heavy (non-hydrogen) atoms. The predicted molar refractivity (Wildman–Crippen MR) is 118 cm³/mol. The lowest BCUT2D eigenvalue weighted by Crippen LogP contribution is -2.50. The first kappa shape index (κ1) is 19.9. The van der Waals surface area contributed by atoms with Gasteiger partial charge in [0.2, 0.25) is 11.8 Å². The van der Waals surface area contributed by atoms with Gasteiger partial charge < -0.3 is 10.2 Å². The number of hydrogen-bond acceptors (Lipinski definition) is 4. The van der Waals surface area contributed by atoms with Crippen molar-refractivity contribution in [3.8, 4) is 0 Å². The number of benzene rings is 2. The van der Waals surface area contributed by atoms with E-state index in [1.54, 1.807) is 23.5 Å². The van der Waals surface area contributed by atoms with E-state index in [0.717, 1.165) is 22.2 Å². The first-order valence-corrected chi connectivity index (χ1v) is 12.0. The summed E-state index contributed by atoms with van der Waals surface area (Å²) in [5, 5.41) is 3.03. The minimum absolute atomic E-state index is 0.0445. The van der Waals surface area contributed by atoms with Crippen LogP contribution >= 0.6 is 39.5 Å². The monoisotopic (exact) mass is 476 g/mol. The van der Waals surface area contributed by atoms with Crippen LogP contribution in [-0.4, -0.2) is 40.8 Å². The highest BCUT2D eigenvalue weighted by Crippen LogP contribution is 2.54. The van der Waals surface area contributed by atoms with Crippen LogP contribution in [0.3, 0.4) is 0 Å². The maximum Gasteiger partial charge on any atom is 0.243 e. The van der Waals surface area contributed by atoms with Gasteiger partial charge in [0.05, 0.1) is 0 Å². The van der Waals surface area contributed by atoms with Gasteiger partial charge in [0.1, 0.15) is 10.9 Å². The molecule has 0 aliphatic carbocycles. The highest BCUT2D eigenvalue weighted by atomic mass is 79.9. The third-order valence-electron chi connectivity index (χ3n) is 5.14. The molecule has 146 valence electrons. The quantitative estimate of drug-likeness (QED) is 0.500. The minimum atomic E-state index is -0.391. The maximum absolute atomic E-state index is 12.8. The van der Waals surface area contributed by atoms with Gasteiger partial charge in [-0.2, -0.15) is 0 Å².